The Kier molecular flexibility index (Phi) is 9.84. The maximum Gasteiger partial charge on any atom is 0.388 e. The first-order valence-electron chi connectivity index (χ1n) is 8.46. The van der Waals surface area contributed by atoms with Crippen molar-refractivity contribution in [2.24, 2.45) is 10.8 Å². The number of nitrogens with one attached hydrogen (secondary N) is 1. The SMILES string of the molecule is CC.CC(C)(C)C(=O)OCOP(=O)(OCOC(=O)C(C)(C)C)c1cn[nH]n1. The molecule has 0 aliphatic heterocycles. The normalized spacial score (nSPS) is 12.0. The van der Waals surface area contributed by atoms with Gasteiger partial charge in [-0.3, -0.25) is 23.2 Å². The van der Waals surface area contributed by atoms with Gasteiger partial charge in [0.2, 0.25) is 13.6 Å². The molecular formula is C16H30N3O7P. The molecule has 0 amide bonds. The van der Waals surface area contributed by atoms with E-state index in [4.69, 9.17) is 18.5 Å². The molecular weight excluding hydrogens is 377 g/mol. The van der Waals surface area contributed by atoms with Gasteiger partial charge in [-0.1, -0.05) is 13.8 Å². The molecule has 0 saturated heterocycles. The van der Waals surface area contributed by atoms with Gasteiger partial charge in [-0.25, -0.2) is 0 Å². The summed E-state index contributed by atoms with van der Waals surface area (Å²) in [4.78, 5) is 23.4. The van der Waals surface area contributed by atoms with Crippen molar-refractivity contribution in [3.63, 3.8) is 0 Å². The summed E-state index contributed by atoms with van der Waals surface area (Å²) in [5.41, 5.74) is -1.62. The third-order valence-electron chi connectivity index (χ3n) is 2.73. The van der Waals surface area contributed by atoms with Crippen molar-refractivity contribution in [3.05, 3.63) is 6.20 Å². The van der Waals surface area contributed by atoms with Crippen LogP contribution in [0.2, 0.25) is 0 Å². The minimum atomic E-state index is -4.00. The number of carbonyl (C=O) groups excluding carboxylic acids is 2. The molecule has 27 heavy (non-hydrogen) atoms. The molecule has 0 aromatic carbocycles. The molecule has 1 aromatic heterocycles. The van der Waals surface area contributed by atoms with Crippen LogP contribution in [0.25, 0.3) is 0 Å². The zero-order chi connectivity index (χ0) is 21.3. The first-order chi connectivity index (χ1) is 12.4. The number of hydrogen-bond acceptors (Lipinski definition) is 9. The van der Waals surface area contributed by atoms with Crippen LogP contribution in [0, 0.1) is 10.8 Å². The van der Waals surface area contributed by atoms with E-state index in [2.05, 4.69) is 15.4 Å². The van der Waals surface area contributed by atoms with Crippen LogP contribution in [0.5, 0.6) is 0 Å². The number of aromatic nitrogens is 3. The summed E-state index contributed by atoms with van der Waals surface area (Å²) in [6, 6.07) is 0. The molecule has 0 bridgehead atoms. The van der Waals surface area contributed by atoms with Gasteiger partial charge in [0, 0.05) is 0 Å². The number of esters is 2. The van der Waals surface area contributed by atoms with Crippen LogP contribution in [0.15, 0.2) is 6.20 Å². The van der Waals surface area contributed by atoms with Crippen LogP contribution < -0.4 is 5.44 Å². The van der Waals surface area contributed by atoms with Crippen LogP contribution >= 0.6 is 7.60 Å². The van der Waals surface area contributed by atoms with Crippen LogP contribution in [0.4, 0.5) is 0 Å². The van der Waals surface area contributed by atoms with Gasteiger partial charge in [-0.05, 0) is 41.5 Å². The maximum atomic E-state index is 12.8. The van der Waals surface area contributed by atoms with Crippen molar-refractivity contribution in [1.29, 1.82) is 0 Å². The molecule has 1 rings (SSSR count). The minimum absolute atomic E-state index is 0.133. The largest absolute Gasteiger partial charge is 0.438 e. The number of carbonyl (C=O) groups is 2. The second-order valence-electron chi connectivity index (χ2n) is 7.18. The summed E-state index contributed by atoms with van der Waals surface area (Å²) < 4.78 is 32.8. The molecule has 1 heterocycles. The molecule has 0 atom stereocenters. The molecule has 0 radical (unpaired) electrons. The number of ether oxygens (including phenoxy) is 2. The zero-order valence-corrected chi connectivity index (χ0v) is 18.1. The van der Waals surface area contributed by atoms with Crippen molar-refractivity contribution in [3.8, 4) is 0 Å². The number of H-pyrrole nitrogens is 1. The van der Waals surface area contributed by atoms with Crippen LogP contribution in [-0.4, -0.2) is 40.9 Å². The van der Waals surface area contributed by atoms with Crippen molar-refractivity contribution < 1.29 is 32.7 Å². The third kappa shape index (κ3) is 8.64. The predicted octanol–water partition coefficient (Wildman–Crippen LogP) is 2.78. The topological polar surface area (TPSA) is 130 Å². The Morgan fingerprint density at radius 1 is 0.963 bits per heavy atom. The van der Waals surface area contributed by atoms with Crippen molar-refractivity contribution in [1.82, 2.24) is 15.4 Å². The van der Waals surface area contributed by atoms with E-state index in [0.29, 0.717) is 0 Å². The fourth-order valence-electron chi connectivity index (χ4n) is 1.23. The highest BCUT2D eigenvalue weighted by Crippen LogP contribution is 2.46. The number of hydrogen-bond donors (Lipinski definition) is 1. The fraction of sp³-hybridized carbons (Fsp3) is 0.750. The summed E-state index contributed by atoms with van der Waals surface area (Å²) >= 11 is 0. The summed E-state index contributed by atoms with van der Waals surface area (Å²) in [5.74, 6) is -1.09. The Hall–Kier alpha value is -1.77. The first kappa shape index (κ1) is 25.2. The standard InChI is InChI=1S/C14H24N3O7P.C2H6/c1-13(2,3)11(18)21-8-23-25(20,10-7-15-17-16-10)24-9-22-12(19)14(4,5)6;1-2/h7H,8-9H2,1-6H3,(H,15,16,17);1-2H3. The minimum Gasteiger partial charge on any atom is -0.438 e. The van der Waals surface area contributed by atoms with Crippen molar-refractivity contribution in [2.45, 2.75) is 55.4 Å². The second-order valence-corrected chi connectivity index (χ2v) is 9.15. The van der Waals surface area contributed by atoms with Crippen LogP contribution in [-0.2, 0) is 32.7 Å². The van der Waals surface area contributed by atoms with E-state index in [1.807, 2.05) is 13.8 Å². The molecule has 0 saturated carbocycles. The lowest BCUT2D eigenvalue weighted by Gasteiger charge is -2.20. The van der Waals surface area contributed by atoms with Crippen molar-refractivity contribution in [2.75, 3.05) is 13.6 Å². The predicted molar refractivity (Wildman–Crippen MR) is 98.0 cm³/mol. The molecule has 0 spiro atoms. The van der Waals surface area contributed by atoms with E-state index >= 15 is 0 Å². The van der Waals surface area contributed by atoms with Gasteiger partial charge in [0.1, 0.15) is 0 Å². The Morgan fingerprint density at radius 3 is 1.67 bits per heavy atom. The van der Waals surface area contributed by atoms with E-state index in [-0.39, 0.29) is 5.44 Å². The third-order valence-corrected chi connectivity index (χ3v) is 4.40. The van der Waals surface area contributed by atoms with E-state index in [0.717, 1.165) is 6.20 Å². The highest BCUT2D eigenvalue weighted by molar-refractivity contribution is 7.61. The smallest absolute Gasteiger partial charge is 0.388 e. The fourth-order valence-corrected chi connectivity index (χ4v) is 2.32. The number of aromatic amines is 1. The van der Waals surface area contributed by atoms with Gasteiger partial charge in [0.05, 0.1) is 17.0 Å². The van der Waals surface area contributed by atoms with Gasteiger partial charge >= 0.3 is 19.5 Å². The Balaban J connectivity index is 0.00000326. The van der Waals surface area contributed by atoms with Crippen LogP contribution in [0.1, 0.15) is 55.4 Å². The summed E-state index contributed by atoms with van der Waals surface area (Å²) in [6.45, 7) is 12.7. The Morgan fingerprint density at radius 2 is 1.37 bits per heavy atom. The second kappa shape index (κ2) is 10.5. The molecule has 1 N–H and O–H groups in total. The molecule has 0 unspecified atom stereocenters. The lowest BCUT2D eigenvalue weighted by Crippen LogP contribution is -2.26. The highest BCUT2D eigenvalue weighted by Gasteiger charge is 2.34. The van der Waals surface area contributed by atoms with E-state index in [9.17, 15) is 14.2 Å². The Bertz CT molecular complexity index is 597. The average molecular weight is 407 g/mol. The van der Waals surface area contributed by atoms with Crippen molar-refractivity contribution >= 4 is 25.0 Å². The zero-order valence-electron chi connectivity index (χ0n) is 17.2. The van der Waals surface area contributed by atoms with E-state index in [1.165, 1.54) is 0 Å². The monoisotopic (exact) mass is 407 g/mol. The van der Waals surface area contributed by atoms with Gasteiger partial charge in [0.25, 0.3) is 0 Å². The van der Waals surface area contributed by atoms with E-state index in [1.54, 1.807) is 41.5 Å². The summed E-state index contributed by atoms with van der Waals surface area (Å²) in [6.07, 6.45) is 1.14. The molecule has 10 nitrogen and oxygen atoms in total. The quantitative estimate of drug-likeness (QED) is 0.412. The maximum absolute atomic E-state index is 12.8. The number of rotatable bonds is 7. The van der Waals surface area contributed by atoms with Gasteiger partial charge in [-0.2, -0.15) is 10.3 Å². The summed E-state index contributed by atoms with van der Waals surface area (Å²) in [5, 5.41) is 9.46. The lowest BCUT2D eigenvalue weighted by molar-refractivity contribution is -0.161. The van der Waals surface area contributed by atoms with Gasteiger partial charge in [-0.15, -0.1) is 5.10 Å². The first-order valence-corrected chi connectivity index (χ1v) is 10.0. The molecule has 11 heteroatoms. The lowest BCUT2D eigenvalue weighted by atomic mass is 9.98. The van der Waals surface area contributed by atoms with Gasteiger partial charge < -0.3 is 9.47 Å². The van der Waals surface area contributed by atoms with Gasteiger partial charge in [0.15, 0.2) is 5.44 Å². The molecule has 0 fully saturated rings. The summed E-state index contributed by atoms with van der Waals surface area (Å²) in [7, 11) is -4.00. The Labute approximate surface area is 159 Å². The average Bonchev–Trinajstić information content (AvgIpc) is 3.10. The van der Waals surface area contributed by atoms with E-state index < -0.39 is 44.0 Å². The molecule has 1 aromatic rings. The molecule has 0 aliphatic carbocycles. The highest BCUT2D eigenvalue weighted by atomic mass is 31.2. The van der Waals surface area contributed by atoms with Crippen LogP contribution in [0.3, 0.4) is 0 Å². The number of nitrogens with zero attached hydrogens (tertiary/aromatic N) is 2. The molecule has 0 aliphatic rings. The molecule has 156 valence electrons.